The van der Waals surface area contributed by atoms with Crippen LogP contribution < -0.4 is 15.1 Å². The van der Waals surface area contributed by atoms with Crippen LogP contribution in [0.25, 0.3) is 0 Å². The summed E-state index contributed by atoms with van der Waals surface area (Å²) in [6, 6.07) is 18.9. The molecule has 3 amide bonds. The molecular weight excluding hydrogens is 553 g/mol. The lowest BCUT2D eigenvalue weighted by molar-refractivity contribution is -0.122. The Bertz CT molecular complexity index is 1710. The normalized spacial score (nSPS) is 19.9. The van der Waals surface area contributed by atoms with E-state index >= 15 is 0 Å². The van der Waals surface area contributed by atoms with Gasteiger partial charge in [-0.2, -0.15) is 0 Å². The Balaban J connectivity index is 1.41. The maximum Gasteiger partial charge on any atom is 0.308 e. The number of thioether (sulfide) groups is 1. The summed E-state index contributed by atoms with van der Waals surface area (Å²) in [6.07, 6.45) is 0. The van der Waals surface area contributed by atoms with Crippen LogP contribution in [0.15, 0.2) is 82.6 Å². The molecule has 0 saturated carbocycles. The van der Waals surface area contributed by atoms with Gasteiger partial charge in [0.1, 0.15) is 23.4 Å². The Morgan fingerprint density at radius 3 is 2.38 bits per heavy atom. The third-order valence-corrected chi connectivity index (χ3v) is 9.65. The number of aryl methyl sites for hydroxylation is 1. The summed E-state index contributed by atoms with van der Waals surface area (Å²) in [5.41, 5.74) is 2.22. The number of anilines is 2. The Labute approximate surface area is 236 Å². The van der Waals surface area contributed by atoms with Crippen LogP contribution in [-0.2, 0) is 20.9 Å². The van der Waals surface area contributed by atoms with E-state index in [9.17, 15) is 28.7 Å². The van der Waals surface area contributed by atoms with E-state index in [-0.39, 0.29) is 12.3 Å². The van der Waals surface area contributed by atoms with Gasteiger partial charge in [-0.15, -0.1) is 0 Å². The summed E-state index contributed by atoms with van der Waals surface area (Å²) in [4.78, 5) is 55.0. The smallest absolute Gasteiger partial charge is 0.308 e. The first-order chi connectivity index (χ1) is 19.2. The lowest BCUT2D eigenvalue weighted by Crippen LogP contribution is -2.33. The minimum Gasteiger partial charge on any atom is -0.508 e. The molecule has 2 aliphatic rings. The van der Waals surface area contributed by atoms with Gasteiger partial charge in [0, 0.05) is 22.0 Å². The van der Waals surface area contributed by atoms with E-state index in [1.807, 2.05) is 19.1 Å². The minimum absolute atomic E-state index is 0.0559. The number of fused-ring (bicyclic) bond motifs is 2. The van der Waals surface area contributed by atoms with Crippen molar-refractivity contribution in [3.8, 4) is 5.75 Å². The Kier molecular flexibility index (Phi) is 6.55. The third-order valence-electron chi connectivity index (χ3n) is 7.04. The van der Waals surface area contributed by atoms with Gasteiger partial charge in [-0.05, 0) is 49.4 Å². The number of aromatic hydroxyl groups is 1. The molecule has 3 heterocycles. The predicted molar refractivity (Wildman–Crippen MR) is 150 cm³/mol. The van der Waals surface area contributed by atoms with Gasteiger partial charge in [0.05, 0.1) is 16.6 Å². The first kappa shape index (κ1) is 26.0. The summed E-state index contributed by atoms with van der Waals surface area (Å²) < 4.78 is 14.6. The number of nitrogens with zero attached hydrogens (tertiary/aromatic N) is 2. The first-order valence-corrected chi connectivity index (χ1v) is 14.1. The van der Waals surface area contributed by atoms with Gasteiger partial charge < -0.3 is 10.4 Å². The zero-order chi connectivity index (χ0) is 28.1. The van der Waals surface area contributed by atoms with Gasteiger partial charge in [-0.25, -0.2) is 9.29 Å². The van der Waals surface area contributed by atoms with Crippen LogP contribution in [0.3, 0.4) is 0 Å². The molecule has 0 bridgehead atoms. The van der Waals surface area contributed by atoms with Gasteiger partial charge in [0.2, 0.25) is 17.7 Å². The molecule has 2 N–H and O–H groups in total. The molecule has 1 saturated heterocycles. The number of halogens is 1. The quantitative estimate of drug-likeness (QED) is 0.340. The van der Waals surface area contributed by atoms with Crippen molar-refractivity contribution < 1.29 is 23.9 Å². The standard InChI is InChI=1S/C29H22FN3O5S2/c1-15-6-12-18(13-7-15)33-26(36)23-22(19-4-2-3-5-20(19)34)25-28(39-24(23)27(33)37)32(29(38)40-25)14-21(35)31-17-10-8-16(30)9-11-17/h2-13,22-24,34H,14H2,1H3,(H,31,35). The summed E-state index contributed by atoms with van der Waals surface area (Å²) in [6.45, 7) is 1.56. The highest BCUT2D eigenvalue weighted by Crippen LogP contribution is 2.55. The molecule has 3 aromatic carbocycles. The number of carbonyl (C=O) groups is 3. The molecule has 8 nitrogen and oxygen atoms in total. The van der Waals surface area contributed by atoms with Crippen molar-refractivity contribution in [3.05, 3.63) is 104 Å². The number of phenolic OH excluding ortho intramolecular Hbond substituents is 1. The number of rotatable bonds is 5. The molecule has 11 heteroatoms. The summed E-state index contributed by atoms with van der Waals surface area (Å²) >= 11 is 1.99. The lowest BCUT2D eigenvalue weighted by Gasteiger charge is -2.31. The van der Waals surface area contributed by atoms with Crippen LogP contribution in [0, 0.1) is 18.7 Å². The number of phenols is 1. The Morgan fingerprint density at radius 1 is 0.975 bits per heavy atom. The number of imide groups is 1. The molecule has 3 atom stereocenters. The molecule has 202 valence electrons. The number of amides is 3. The number of benzene rings is 3. The van der Waals surface area contributed by atoms with Crippen LogP contribution >= 0.6 is 23.1 Å². The van der Waals surface area contributed by atoms with E-state index < -0.39 is 45.5 Å². The van der Waals surface area contributed by atoms with E-state index in [2.05, 4.69) is 5.32 Å². The van der Waals surface area contributed by atoms with Crippen LogP contribution in [0.4, 0.5) is 15.8 Å². The van der Waals surface area contributed by atoms with Gasteiger partial charge in [-0.1, -0.05) is 59.0 Å². The number of thiazole rings is 1. The molecule has 1 aromatic heterocycles. The van der Waals surface area contributed by atoms with Crippen LogP contribution in [0.5, 0.6) is 5.75 Å². The fraction of sp³-hybridized carbons (Fsp3) is 0.172. The summed E-state index contributed by atoms with van der Waals surface area (Å²) in [5, 5.41) is 13.0. The average molecular weight is 576 g/mol. The molecular formula is C29H22FN3O5S2. The number of nitrogens with one attached hydrogen (secondary N) is 1. The van der Waals surface area contributed by atoms with Crippen molar-refractivity contribution in [2.75, 3.05) is 10.2 Å². The lowest BCUT2D eigenvalue weighted by atomic mass is 9.82. The van der Waals surface area contributed by atoms with Crippen molar-refractivity contribution in [2.24, 2.45) is 5.92 Å². The summed E-state index contributed by atoms with van der Waals surface area (Å²) in [5.74, 6) is -3.47. The van der Waals surface area contributed by atoms with Crippen molar-refractivity contribution in [1.29, 1.82) is 0 Å². The molecule has 3 unspecified atom stereocenters. The van der Waals surface area contributed by atoms with Crippen LogP contribution in [0.1, 0.15) is 21.9 Å². The van der Waals surface area contributed by atoms with E-state index in [1.54, 1.807) is 30.3 Å². The van der Waals surface area contributed by atoms with Gasteiger partial charge >= 0.3 is 4.87 Å². The maximum absolute atomic E-state index is 13.9. The second-order valence-corrected chi connectivity index (χ2v) is 11.8. The number of aromatic nitrogens is 1. The molecule has 1 fully saturated rings. The fourth-order valence-electron chi connectivity index (χ4n) is 5.17. The minimum atomic E-state index is -0.869. The van der Waals surface area contributed by atoms with Crippen LogP contribution in [-0.4, -0.2) is 32.6 Å². The third kappa shape index (κ3) is 4.40. The van der Waals surface area contributed by atoms with Crippen LogP contribution in [0.2, 0.25) is 0 Å². The molecule has 0 aliphatic carbocycles. The number of hydrogen-bond donors (Lipinski definition) is 2. The second-order valence-electron chi connectivity index (χ2n) is 9.63. The second kappa shape index (κ2) is 10.1. The average Bonchev–Trinajstić information content (AvgIpc) is 3.37. The molecule has 40 heavy (non-hydrogen) atoms. The highest BCUT2D eigenvalue weighted by molar-refractivity contribution is 8.00. The highest BCUT2D eigenvalue weighted by Gasteiger charge is 2.57. The molecule has 2 aliphatic heterocycles. The Hall–Kier alpha value is -4.22. The zero-order valence-corrected chi connectivity index (χ0v) is 22.7. The zero-order valence-electron chi connectivity index (χ0n) is 21.0. The number of para-hydroxylation sites is 1. The van der Waals surface area contributed by atoms with Crippen molar-refractivity contribution in [3.63, 3.8) is 0 Å². The van der Waals surface area contributed by atoms with E-state index in [4.69, 9.17) is 0 Å². The maximum atomic E-state index is 13.9. The van der Waals surface area contributed by atoms with Crippen molar-refractivity contribution in [1.82, 2.24) is 4.57 Å². The largest absolute Gasteiger partial charge is 0.508 e. The van der Waals surface area contributed by atoms with Gasteiger partial charge in [-0.3, -0.25) is 23.7 Å². The molecule has 4 aromatic rings. The predicted octanol–water partition coefficient (Wildman–Crippen LogP) is 4.50. The molecule has 0 radical (unpaired) electrons. The van der Waals surface area contributed by atoms with E-state index in [0.29, 0.717) is 26.8 Å². The number of carbonyl (C=O) groups excluding carboxylic acids is 3. The number of hydrogen-bond acceptors (Lipinski definition) is 7. The van der Waals surface area contributed by atoms with Gasteiger partial charge in [0.15, 0.2) is 0 Å². The summed E-state index contributed by atoms with van der Waals surface area (Å²) in [7, 11) is 0. The fourth-order valence-corrected chi connectivity index (χ4v) is 7.93. The molecule has 0 spiro atoms. The van der Waals surface area contributed by atoms with Crippen molar-refractivity contribution in [2.45, 2.75) is 29.7 Å². The van der Waals surface area contributed by atoms with Crippen molar-refractivity contribution >= 4 is 52.2 Å². The van der Waals surface area contributed by atoms with Gasteiger partial charge in [0.25, 0.3) is 0 Å². The monoisotopic (exact) mass is 575 g/mol. The molecule has 6 rings (SSSR count). The highest BCUT2D eigenvalue weighted by atomic mass is 32.2. The SMILES string of the molecule is Cc1ccc(N2C(=O)C3Sc4c(sc(=O)n4CC(=O)Nc4ccc(F)cc4)C(c4ccccc4O)C3C2=O)cc1. The topological polar surface area (TPSA) is 109 Å². The van der Waals surface area contributed by atoms with E-state index in [0.717, 1.165) is 28.7 Å². The Morgan fingerprint density at radius 2 is 1.68 bits per heavy atom. The van der Waals surface area contributed by atoms with E-state index in [1.165, 1.54) is 39.8 Å². The first-order valence-electron chi connectivity index (χ1n) is 12.4.